The van der Waals surface area contributed by atoms with Crippen molar-refractivity contribution in [2.24, 2.45) is 5.92 Å². The molecule has 2 aliphatic rings. The Morgan fingerprint density at radius 2 is 1.74 bits per heavy atom. The number of anilines is 1. The number of nitrogens with zero attached hydrogens (tertiary/aromatic N) is 2. The van der Waals surface area contributed by atoms with E-state index in [1.807, 2.05) is 47.4 Å². The highest BCUT2D eigenvalue weighted by molar-refractivity contribution is 5.98. The summed E-state index contributed by atoms with van der Waals surface area (Å²) in [6.07, 6.45) is 2.00. The van der Waals surface area contributed by atoms with Gasteiger partial charge >= 0.3 is 5.97 Å². The van der Waals surface area contributed by atoms with Crippen LogP contribution in [0.15, 0.2) is 48.5 Å². The molecule has 7 heteroatoms. The lowest BCUT2D eigenvalue weighted by molar-refractivity contribution is -0.136. The monoisotopic (exact) mass is 422 g/mol. The summed E-state index contributed by atoms with van der Waals surface area (Å²) in [6, 6.07) is 14.6. The number of rotatable bonds is 5. The molecule has 0 N–H and O–H groups in total. The lowest BCUT2D eigenvalue weighted by atomic mass is 9.95. The number of carbonyl (C=O) groups excluding carboxylic acids is 3. The van der Waals surface area contributed by atoms with E-state index in [1.54, 1.807) is 11.0 Å². The third-order valence-corrected chi connectivity index (χ3v) is 5.96. The molecule has 0 unspecified atom stereocenters. The van der Waals surface area contributed by atoms with Gasteiger partial charge in [0.25, 0.3) is 5.91 Å². The van der Waals surface area contributed by atoms with Gasteiger partial charge in [0.2, 0.25) is 5.91 Å². The topological polar surface area (TPSA) is 76.2 Å². The molecular formula is C24H26N2O5. The van der Waals surface area contributed by atoms with E-state index >= 15 is 0 Å². The molecule has 2 heterocycles. The van der Waals surface area contributed by atoms with Gasteiger partial charge in [-0.3, -0.25) is 9.59 Å². The minimum atomic E-state index is -0.374. The van der Waals surface area contributed by atoms with E-state index in [1.165, 1.54) is 7.11 Å². The maximum Gasteiger partial charge on any atom is 0.337 e. The molecule has 0 atom stereocenters. The number of hydrogen-bond donors (Lipinski definition) is 0. The molecule has 0 saturated carbocycles. The average molecular weight is 422 g/mol. The summed E-state index contributed by atoms with van der Waals surface area (Å²) in [7, 11) is 1.36. The molecule has 31 heavy (non-hydrogen) atoms. The molecule has 0 spiro atoms. The van der Waals surface area contributed by atoms with Crippen molar-refractivity contribution in [2.75, 3.05) is 38.3 Å². The predicted octanol–water partition coefficient (Wildman–Crippen LogP) is 2.68. The molecule has 2 aliphatic heterocycles. The van der Waals surface area contributed by atoms with Gasteiger partial charge in [-0.1, -0.05) is 18.2 Å². The Morgan fingerprint density at radius 1 is 1.00 bits per heavy atom. The smallest absolute Gasteiger partial charge is 0.337 e. The van der Waals surface area contributed by atoms with Crippen LogP contribution < -0.4 is 9.64 Å². The summed E-state index contributed by atoms with van der Waals surface area (Å²) in [5.74, 6) is 0.226. The zero-order valence-electron chi connectivity index (χ0n) is 17.6. The minimum absolute atomic E-state index is 0.00462. The van der Waals surface area contributed by atoms with Crippen molar-refractivity contribution in [2.45, 2.75) is 19.3 Å². The molecule has 0 bridgehead atoms. The van der Waals surface area contributed by atoms with Gasteiger partial charge in [0.1, 0.15) is 5.75 Å². The van der Waals surface area contributed by atoms with Gasteiger partial charge in [-0.2, -0.15) is 0 Å². The van der Waals surface area contributed by atoms with Gasteiger partial charge < -0.3 is 19.3 Å². The number of piperidine rings is 1. The summed E-state index contributed by atoms with van der Waals surface area (Å²) >= 11 is 0. The number of benzene rings is 2. The predicted molar refractivity (Wildman–Crippen MR) is 115 cm³/mol. The quantitative estimate of drug-likeness (QED) is 0.693. The van der Waals surface area contributed by atoms with Crippen LogP contribution in [-0.2, 0) is 20.7 Å². The third-order valence-electron chi connectivity index (χ3n) is 5.96. The summed E-state index contributed by atoms with van der Waals surface area (Å²) in [5, 5.41) is 0. The second-order valence-corrected chi connectivity index (χ2v) is 7.83. The van der Waals surface area contributed by atoms with Crippen molar-refractivity contribution in [1.82, 2.24) is 4.90 Å². The van der Waals surface area contributed by atoms with Crippen molar-refractivity contribution in [1.29, 1.82) is 0 Å². The summed E-state index contributed by atoms with van der Waals surface area (Å²) in [4.78, 5) is 40.9. The van der Waals surface area contributed by atoms with E-state index in [2.05, 4.69) is 0 Å². The fourth-order valence-corrected chi connectivity index (χ4v) is 4.22. The van der Waals surface area contributed by atoms with Gasteiger partial charge in [-0.05, 0) is 55.2 Å². The zero-order valence-corrected chi connectivity index (χ0v) is 17.6. The van der Waals surface area contributed by atoms with Crippen molar-refractivity contribution < 1.29 is 23.9 Å². The van der Waals surface area contributed by atoms with Crippen LogP contribution in [-0.4, -0.2) is 56.0 Å². The van der Waals surface area contributed by atoms with Crippen LogP contribution in [0.2, 0.25) is 0 Å². The van der Waals surface area contributed by atoms with Crippen molar-refractivity contribution >= 4 is 23.5 Å². The van der Waals surface area contributed by atoms with E-state index in [0.29, 0.717) is 43.8 Å². The van der Waals surface area contributed by atoms with Crippen LogP contribution in [0.1, 0.15) is 28.8 Å². The zero-order chi connectivity index (χ0) is 21.8. The number of ether oxygens (including phenoxy) is 2. The first-order valence-electron chi connectivity index (χ1n) is 10.5. The maximum atomic E-state index is 13.1. The number of likely N-dealkylation sites (tertiary alicyclic amines) is 1. The number of methoxy groups -OCH3 is 1. The van der Waals surface area contributed by atoms with Gasteiger partial charge in [-0.15, -0.1) is 0 Å². The minimum Gasteiger partial charge on any atom is -0.484 e. The summed E-state index contributed by atoms with van der Waals surface area (Å²) in [5.41, 5.74) is 2.36. The standard InChI is InChI=1S/C24H26N2O5/c1-30-24(29)19-7-8-21-18(15-19)11-14-26(21)23(28)17-9-12-25(13-10-17)22(27)16-31-20-5-3-2-4-6-20/h2-8,15,17H,9-14,16H2,1H3. The number of hydrogen-bond acceptors (Lipinski definition) is 5. The molecule has 7 nitrogen and oxygen atoms in total. The molecule has 1 saturated heterocycles. The first-order valence-corrected chi connectivity index (χ1v) is 10.5. The van der Waals surface area contributed by atoms with Crippen molar-refractivity contribution in [3.8, 4) is 5.75 Å². The third kappa shape index (κ3) is 4.55. The molecule has 0 aliphatic carbocycles. The van der Waals surface area contributed by atoms with Gasteiger partial charge in [-0.25, -0.2) is 4.79 Å². The Balaban J connectivity index is 1.31. The van der Waals surface area contributed by atoms with E-state index in [-0.39, 0.29) is 30.3 Å². The SMILES string of the molecule is COC(=O)c1ccc2c(c1)CCN2C(=O)C1CCN(C(=O)COc2ccccc2)CC1. The first-order chi connectivity index (χ1) is 15.1. The van der Waals surface area contributed by atoms with Crippen LogP contribution in [0.5, 0.6) is 5.75 Å². The molecule has 2 aromatic carbocycles. The highest BCUT2D eigenvalue weighted by atomic mass is 16.5. The normalized spacial score (nSPS) is 16.0. The fraction of sp³-hybridized carbons (Fsp3) is 0.375. The number of esters is 1. The fourth-order valence-electron chi connectivity index (χ4n) is 4.22. The lowest BCUT2D eigenvalue weighted by Crippen LogP contribution is -2.45. The van der Waals surface area contributed by atoms with Crippen LogP contribution in [0.4, 0.5) is 5.69 Å². The molecule has 1 fully saturated rings. The van der Waals surface area contributed by atoms with Crippen molar-refractivity contribution in [3.63, 3.8) is 0 Å². The van der Waals surface area contributed by atoms with Crippen LogP contribution in [0.3, 0.4) is 0 Å². The Morgan fingerprint density at radius 3 is 2.45 bits per heavy atom. The van der Waals surface area contributed by atoms with Crippen LogP contribution >= 0.6 is 0 Å². The number of carbonyl (C=O) groups is 3. The molecule has 4 rings (SSSR count). The Bertz CT molecular complexity index is 967. The second kappa shape index (κ2) is 9.20. The molecule has 0 aromatic heterocycles. The van der Waals surface area contributed by atoms with Gasteiger partial charge in [0.05, 0.1) is 12.7 Å². The average Bonchev–Trinajstić information content (AvgIpc) is 3.25. The second-order valence-electron chi connectivity index (χ2n) is 7.83. The highest BCUT2D eigenvalue weighted by Crippen LogP contribution is 2.32. The number of para-hydroxylation sites is 1. The van der Waals surface area contributed by atoms with Gasteiger partial charge in [0, 0.05) is 31.2 Å². The Kier molecular flexibility index (Phi) is 6.21. The maximum absolute atomic E-state index is 13.1. The molecule has 2 amide bonds. The molecule has 0 radical (unpaired) electrons. The largest absolute Gasteiger partial charge is 0.484 e. The summed E-state index contributed by atoms with van der Waals surface area (Å²) < 4.78 is 10.3. The van der Waals surface area contributed by atoms with E-state index in [9.17, 15) is 14.4 Å². The molecular weight excluding hydrogens is 396 g/mol. The van der Waals surface area contributed by atoms with Crippen LogP contribution in [0, 0.1) is 5.92 Å². The highest BCUT2D eigenvalue weighted by Gasteiger charge is 2.33. The molecule has 2 aromatic rings. The summed E-state index contributed by atoms with van der Waals surface area (Å²) in [6.45, 7) is 1.72. The number of amides is 2. The number of fused-ring (bicyclic) bond motifs is 1. The Labute approximate surface area is 181 Å². The lowest BCUT2D eigenvalue weighted by Gasteiger charge is -2.33. The first kappa shape index (κ1) is 20.9. The van der Waals surface area contributed by atoms with Crippen molar-refractivity contribution in [3.05, 3.63) is 59.7 Å². The Hall–Kier alpha value is -3.35. The van der Waals surface area contributed by atoms with E-state index in [0.717, 1.165) is 17.7 Å². The molecule has 162 valence electrons. The van der Waals surface area contributed by atoms with Gasteiger partial charge in [0.15, 0.2) is 6.61 Å². The van der Waals surface area contributed by atoms with E-state index in [4.69, 9.17) is 9.47 Å². The van der Waals surface area contributed by atoms with E-state index < -0.39 is 0 Å². The van der Waals surface area contributed by atoms with Crippen LogP contribution in [0.25, 0.3) is 0 Å².